The molecule has 0 bridgehead atoms. The van der Waals surface area contributed by atoms with Crippen LogP contribution in [0.15, 0.2) is 17.0 Å². The Kier molecular flexibility index (Phi) is 4.76. The number of nitrogens with one attached hydrogen (secondary N) is 1. The Labute approximate surface area is 134 Å². The van der Waals surface area contributed by atoms with Crippen molar-refractivity contribution in [2.45, 2.75) is 44.0 Å². The summed E-state index contributed by atoms with van der Waals surface area (Å²) in [6.45, 7) is 3.34. The Balaban J connectivity index is 2.21. The van der Waals surface area contributed by atoms with Crippen molar-refractivity contribution in [2.75, 3.05) is 0 Å². The third-order valence-corrected chi connectivity index (χ3v) is 5.34. The molecule has 1 aliphatic carbocycles. The lowest BCUT2D eigenvalue weighted by Gasteiger charge is -2.14. The molecule has 8 heteroatoms. The maximum atomic E-state index is 12.3. The van der Waals surface area contributed by atoms with E-state index < -0.39 is 27.8 Å². The lowest BCUT2D eigenvalue weighted by atomic mass is 10.0. The summed E-state index contributed by atoms with van der Waals surface area (Å²) >= 11 is 0. The molecule has 2 atom stereocenters. The van der Waals surface area contributed by atoms with Crippen molar-refractivity contribution in [3.63, 3.8) is 0 Å². The number of amides is 1. The molecule has 4 N–H and O–H groups in total. The molecule has 7 nitrogen and oxygen atoms in total. The predicted octanol–water partition coefficient (Wildman–Crippen LogP) is 0.934. The first-order valence-corrected chi connectivity index (χ1v) is 8.82. The maximum Gasteiger partial charge on any atom is 0.306 e. The average Bonchev–Trinajstić information content (AvgIpc) is 2.88. The molecular formula is C15H20N2O5S. The van der Waals surface area contributed by atoms with Gasteiger partial charge in [0.05, 0.1) is 10.8 Å². The topological polar surface area (TPSA) is 127 Å². The zero-order valence-electron chi connectivity index (χ0n) is 13.0. The van der Waals surface area contributed by atoms with Crippen LogP contribution >= 0.6 is 0 Å². The highest BCUT2D eigenvalue weighted by atomic mass is 32.2. The van der Waals surface area contributed by atoms with Gasteiger partial charge < -0.3 is 10.4 Å². The zero-order valence-corrected chi connectivity index (χ0v) is 13.8. The minimum Gasteiger partial charge on any atom is -0.481 e. The lowest BCUT2D eigenvalue weighted by molar-refractivity contribution is -0.141. The van der Waals surface area contributed by atoms with Gasteiger partial charge in [0.25, 0.3) is 5.91 Å². The molecule has 1 aromatic rings. The second kappa shape index (κ2) is 6.29. The molecule has 0 aromatic heterocycles. The fraction of sp³-hybridized carbons (Fsp3) is 0.467. The molecule has 126 valence electrons. The highest BCUT2D eigenvalue weighted by molar-refractivity contribution is 7.89. The van der Waals surface area contributed by atoms with Crippen LogP contribution in [-0.4, -0.2) is 31.4 Å². The summed E-state index contributed by atoms with van der Waals surface area (Å²) in [7, 11) is -3.92. The van der Waals surface area contributed by atoms with Gasteiger partial charge in [-0.1, -0.05) is 0 Å². The molecule has 1 amide bonds. The number of carbonyl (C=O) groups is 2. The van der Waals surface area contributed by atoms with E-state index in [0.29, 0.717) is 30.4 Å². The van der Waals surface area contributed by atoms with Crippen LogP contribution in [0.1, 0.15) is 40.7 Å². The van der Waals surface area contributed by atoms with Crippen LogP contribution in [0.25, 0.3) is 0 Å². The summed E-state index contributed by atoms with van der Waals surface area (Å²) in [4.78, 5) is 23.2. The van der Waals surface area contributed by atoms with Gasteiger partial charge in [0.15, 0.2) is 0 Å². The van der Waals surface area contributed by atoms with Crippen LogP contribution in [0.3, 0.4) is 0 Å². The number of hydrogen-bond acceptors (Lipinski definition) is 4. The Morgan fingerprint density at radius 1 is 1.26 bits per heavy atom. The molecule has 0 heterocycles. The minimum atomic E-state index is -3.92. The Hall–Kier alpha value is -1.93. The average molecular weight is 340 g/mol. The van der Waals surface area contributed by atoms with Crippen molar-refractivity contribution in [1.82, 2.24) is 5.32 Å². The summed E-state index contributed by atoms with van der Waals surface area (Å²) in [6.07, 6.45) is 1.50. The fourth-order valence-corrected chi connectivity index (χ4v) is 3.74. The SMILES string of the molecule is Cc1cc(C(=O)N[C@@H]2CC[C@H](C(=O)O)C2)cc(S(N)(=O)=O)c1C. The van der Waals surface area contributed by atoms with E-state index in [1.165, 1.54) is 6.07 Å². The van der Waals surface area contributed by atoms with Gasteiger partial charge in [-0.15, -0.1) is 0 Å². The number of carboxylic acids is 1. The van der Waals surface area contributed by atoms with Crippen molar-refractivity contribution in [1.29, 1.82) is 0 Å². The predicted molar refractivity (Wildman–Crippen MR) is 83.5 cm³/mol. The molecule has 1 aromatic carbocycles. The fourth-order valence-electron chi connectivity index (χ4n) is 2.86. The first-order valence-electron chi connectivity index (χ1n) is 7.27. The highest BCUT2D eigenvalue weighted by Crippen LogP contribution is 2.26. The summed E-state index contributed by atoms with van der Waals surface area (Å²) in [5, 5.41) is 16.9. The summed E-state index contributed by atoms with van der Waals surface area (Å²) in [6, 6.07) is 2.64. The second-order valence-corrected chi connectivity index (χ2v) is 7.51. The van der Waals surface area contributed by atoms with E-state index in [2.05, 4.69) is 5.32 Å². The van der Waals surface area contributed by atoms with Crippen LogP contribution in [0.4, 0.5) is 0 Å². The van der Waals surface area contributed by atoms with Crippen LogP contribution in [0.5, 0.6) is 0 Å². The van der Waals surface area contributed by atoms with Crippen LogP contribution in [0, 0.1) is 19.8 Å². The monoisotopic (exact) mass is 340 g/mol. The van der Waals surface area contributed by atoms with Gasteiger partial charge in [-0.25, -0.2) is 13.6 Å². The number of aliphatic carboxylic acids is 1. The van der Waals surface area contributed by atoms with Crippen molar-refractivity contribution >= 4 is 21.9 Å². The zero-order chi connectivity index (χ0) is 17.4. The van der Waals surface area contributed by atoms with Crippen LogP contribution in [-0.2, 0) is 14.8 Å². The number of nitrogens with two attached hydrogens (primary N) is 1. The molecule has 0 radical (unpaired) electrons. The number of sulfonamides is 1. The normalized spacial score (nSPS) is 21.2. The number of hydrogen-bond donors (Lipinski definition) is 3. The van der Waals surface area contributed by atoms with E-state index in [0.717, 1.165) is 0 Å². The number of benzene rings is 1. The van der Waals surface area contributed by atoms with Gasteiger partial charge in [-0.05, 0) is 56.4 Å². The number of rotatable bonds is 4. The Bertz CT molecular complexity index is 757. The molecule has 1 aliphatic rings. The maximum absolute atomic E-state index is 12.3. The summed E-state index contributed by atoms with van der Waals surface area (Å²) in [5.41, 5.74) is 1.36. The first-order chi connectivity index (χ1) is 10.6. The minimum absolute atomic E-state index is 0.0718. The highest BCUT2D eigenvalue weighted by Gasteiger charge is 2.31. The van der Waals surface area contributed by atoms with Crippen molar-refractivity contribution in [3.8, 4) is 0 Å². The molecular weight excluding hydrogens is 320 g/mol. The molecule has 1 saturated carbocycles. The standard InChI is InChI=1S/C15H20N2O5S/c1-8-5-11(7-13(9(8)2)23(16,21)22)14(18)17-12-4-3-10(6-12)15(19)20/h5,7,10,12H,3-4,6H2,1-2H3,(H,17,18)(H,19,20)(H2,16,21,22)/t10-,12+/m0/s1. The largest absolute Gasteiger partial charge is 0.481 e. The Morgan fingerprint density at radius 2 is 1.91 bits per heavy atom. The van der Waals surface area contributed by atoms with Gasteiger partial charge in [0.2, 0.25) is 10.0 Å². The van der Waals surface area contributed by atoms with Crippen LogP contribution in [0.2, 0.25) is 0 Å². The molecule has 2 rings (SSSR count). The summed E-state index contributed by atoms with van der Waals surface area (Å²) in [5.74, 6) is -1.72. The Morgan fingerprint density at radius 3 is 2.43 bits per heavy atom. The number of carboxylic acid groups (broad SMARTS) is 1. The molecule has 0 aliphatic heterocycles. The van der Waals surface area contributed by atoms with E-state index in [-0.39, 0.29) is 16.5 Å². The van der Waals surface area contributed by atoms with Crippen LogP contribution < -0.4 is 10.5 Å². The smallest absolute Gasteiger partial charge is 0.306 e. The van der Waals surface area contributed by atoms with E-state index in [1.807, 2.05) is 0 Å². The van der Waals surface area contributed by atoms with Gasteiger partial charge in [0, 0.05) is 11.6 Å². The molecule has 1 fully saturated rings. The molecule has 0 saturated heterocycles. The van der Waals surface area contributed by atoms with Crippen molar-refractivity contribution in [3.05, 3.63) is 28.8 Å². The second-order valence-electron chi connectivity index (χ2n) is 5.98. The summed E-state index contributed by atoms with van der Waals surface area (Å²) < 4.78 is 23.2. The number of aryl methyl sites for hydroxylation is 1. The third-order valence-electron chi connectivity index (χ3n) is 4.31. The third kappa shape index (κ3) is 3.89. The molecule has 0 spiro atoms. The van der Waals surface area contributed by atoms with E-state index in [4.69, 9.17) is 10.2 Å². The molecule has 23 heavy (non-hydrogen) atoms. The van der Waals surface area contributed by atoms with Crippen molar-refractivity contribution in [2.24, 2.45) is 11.1 Å². The lowest BCUT2D eigenvalue weighted by Crippen LogP contribution is -2.33. The van der Waals surface area contributed by atoms with Gasteiger partial charge >= 0.3 is 5.97 Å². The van der Waals surface area contributed by atoms with E-state index in [9.17, 15) is 18.0 Å². The van der Waals surface area contributed by atoms with E-state index in [1.54, 1.807) is 19.9 Å². The van der Waals surface area contributed by atoms with Gasteiger partial charge in [-0.3, -0.25) is 9.59 Å². The van der Waals surface area contributed by atoms with Crippen molar-refractivity contribution < 1.29 is 23.1 Å². The van der Waals surface area contributed by atoms with Gasteiger partial charge in [-0.2, -0.15) is 0 Å². The quantitative estimate of drug-likeness (QED) is 0.751. The first kappa shape index (κ1) is 17.4. The van der Waals surface area contributed by atoms with Gasteiger partial charge in [0.1, 0.15) is 0 Å². The number of primary sulfonamides is 1. The molecule has 0 unspecified atom stereocenters. The number of carbonyl (C=O) groups excluding carboxylic acids is 1. The van der Waals surface area contributed by atoms with E-state index >= 15 is 0 Å².